The van der Waals surface area contributed by atoms with E-state index in [1.54, 1.807) is 12.3 Å². The minimum Gasteiger partial charge on any atom is -0.368 e. The van der Waals surface area contributed by atoms with Crippen molar-refractivity contribution < 1.29 is 9.59 Å². The maximum Gasteiger partial charge on any atom is 0.290 e. The second kappa shape index (κ2) is 10.4. The molecule has 3 heterocycles. The van der Waals surface area contributed by atoms with Gasteiger partial charge in [0.05, 0.1) is 21.1 Å². The van der Waals surface area contributed by atoms with Crippen molar-refractivity contribution in [2.75, 3.05) is 37.6 Å². The Morgan fingerprint density at radius 3 is 2.63 bits per heavy atom. The van der Waals surface area contributed by atoms with E-state index in [-0.39, 0.29) is 11.1 Å². The average molecular weight is 507 g/mol. The lowest BCUT2D eigenvalue weighted by molar-refractivity contribution is -0.115. The summed E-state index contributed by atoms with van der Waals surface area (Å²) < 4.78 is 0. The lowest BCUT2D eigenvalue weighted by Gasteiger charge is -2.36. The second-order valence-corrected chi connectivity index (χ2v) is 10.3. The van der Waals surface area contributed by atoms with Gasteiger partial charge < -0.3 is 4.90 Å². The van der Waals surface area contributed by atoms with Gasteiger partial charge >= 0.3 is 0 Å². The number of imide groups is 1. The Balaban J connectivity index is 1.41. The van der Waals surface area contributed by atoms with Crippen LogP contribution < -0.4 is 10.2 Å². The summed E-state index contributed by atoms with van der Waals surface area (Å²) >= 11 is 7.71. The summed E-state index contributed by atoms with van der Waals surface area (Å²) in [4.78, 5) is 33.2. The van der Waals surface area contributed by atoms with Gasteiger partial charge in [-0.05, 0) is 77.8 Å². The number of thioether (sulfide) groups is 1. The summed E-state index contributed by atoms with van der Waals surface area (Å²) in [6.45, 7) is 7.49. The van der Waals surface area contributed by atoms with Crippen LogP contribution in [0.4, 0.5) is 10.5 Å². The van der Waals surface area contributed by atoms with Crippen molar-refractivity contribution in [2.45, 2.75) is 19.8 Å². The predicted octanol–water partition coefficient (Wildman–Crippen LogP) is 5.80. The predicted molar refractivity (Wildman–Crippen MR) is 145 cm³/mol. The number of anilines is 1. The molecule has 2 aromatic carbocycles. The van der Waals surface area contributed by atoms with Gasteiger partial charge in [-0.15, -0.1) is 0 Å². The van der Waals surface area contributed by atoms with Crippen LogP contribution in [0.25, 0.3) is 28.1 Å². The van der Waals surface area contributed by atoms with Crippen LogP contribution in [0.2, 0.25) is 5.02 Å². The number of hydrogen-bond donors (Lipinski definition) is 1. The zero-order valence-electron chi connectivity index (χ0n) is 19.6. The van der Waals surface area contributed by atoms with E-state index in [9.17, 15) is 9.59 Å². The summed E-state index contributed by atoms with van der Waals surface area (Å²) in [5.74, 6) is -0.361. The smallest absolute Gasteiger partial charge is 0.290 e. The van der Waals surface area contributed by atoms with Gasteiger partial charge in [-0.25, -0.2) is 0 Å². The fraction of sp³-hybridized carbons (Fsp3) is 0.296. The fourth-order valence-corrected chi connectivity index (χ4v) is 5.59. The summed E-state index contributed by atoms with van der Waals surface area (Å²) in [6, 6.07) is 14.1. The number of carbonyl (C=O) groups excluding carboxylic acids is 2. The molecule has 35 heavy (non-hydrogen) atoms. The molecular formula is C27H27ClN4O2S. The van der Waals surface area contributed by atoms with Crippen LogP contribution in [-0.4, -0.2) is 53.8 Å². The van der Waals surface area contributed by atoms with Crippen LogP contribution in [0.1, 0.15) is 25.3 Å². The summed E-state index contributed by atoms with van der Waals surface area (Å²) in [5, 5.41) is 3.65. The molecule has 0 spiro atoms. The Morgan fingerprint density at radius 2 is 1.91 bits per heavy atom. The van der Waals surface area contributed by atoms with Crippen molar-refractivity contribution in [3.05, 3.63) is 64.2 Å². The van der Waals surface area contributed by atoms with E-state index in [0.717, 1.165) is 76.2 Å². The van der Waals surface area contributed by atoms with Gasteiger partial charge in [0.25, 0.3) is 11.1 Å². The Bertz CT molecular complexity index is 1320. The molecule has 2 aliphatic rings. The molecule has 2 aliphatic heterocycles. The first kappa shape index (κ1) is 23.9. The van der Waals surface area contributed by atoms with E-state index in [1.165, 1.54) is 19.4 Å². The number of aromatic nitrogens is 1. The number of amides is 2. The average Bonchev–Trinajstić information content (AvgIpc) is 3.18. The van der Waals surface area contributed by atoms with Crippen molar-refractivity contribution in [1.82, 2.24) is 15.2 Å². The van der Waals surface area contributed by atoms with Crippen LogP contribution >= 0.6 is 23.4 Å². The normalized spacial score (nSPS) is 18.0. The first-order valence-corrected chi connectivity index (χ1v) is 13.1. The van der Waals surface area contributed by atoms with Crippen LogP contribution in [-0.2, 0) is 4.79 Å². The van der Waals surface area contributed by atoms with E-state index in [0.29, 0.717) is 4.91 Å². The minimum atomic E-state index is -0.361. The standard InChI is InChI=1S/C27H27ClN4O2S/c1-2-3-10-31-11-13-32(14-12-31)24-7-5-19(17-22(24)28)20-8-9-29-23-6-4-18(15-21(20)23)16-25-26(33)30-27(34)35-25/h4-9,15-17H,2-3,10-14H2,1H3,(H,30,33,34). The number of pyridine rings is 1. The molecule has 0 unspecified atom stereocenters. The van der Waals surface area contributed by atoms with Gasteiger partial charge in [0, 0.05) is 37.8 Å². The highest BCUT2D eigenvalue weighted by atomic mass is 35.5. The third kappa shape index (κ3) is 5.22. The first-order valence-electron chi connectivity index (χ1n) is 11.9. The Hall–Kier alpha value is -2.87. The zero-order chi connectivity index (χ0) is 24.4. The first-order chi connectivity index (χ1) is 17.0. The number of rotatable bonds is 6. The maximum absolute atomic E-state index is 12.0. The highest BCUT2D eigenvalue weighted by Crippen LogP contribution is 2.35. The van der Waals surface area contributed by atoms with E-state index in [1.807, 2.05) is 30.3 Å². The molecule has 8 heteroatoms. The fourth-order valence-electron chi connectivity index (χ4n) is 4.60. The molecule has 2 fully saturated rings. The number of fused-ring (bicyclic) bond motifs is 1. The number of nitrogens with zero attached hydrogens (tertiary/aromatic N) is 3. The molecule has 0 atom stereocenters. The topological polar surface area (TPSA) is 65.5 Å². The summed E-state index contributed by atoms with van der Waals surface area (Å²) in [6.07, 6.45) is 6.01. The Morgan fingerprint density at radius 1 is 1.09 bits per heavy atom. The lowest BCUT2D eigenvalue weighted by Crippen LogP contribution is -2.46. The van der Waals surface area contributed by atoms with Crippen LogP contribution in [0, 0.1) is 0 Å². The number of halogens is 1. The number of carbonyl (C=O) groups is 2. The minimum absolute atomic E-state index is 0.346. The lowest BCUT2D eigenvalue weighted by atomic mass is 9.99. The van der Waals surface area contributed by atoms with Crippen molar-refractivity contribution >= 4 is 57.2 Å². The highest BCUT2D eigenvalue weighted by Gasteiger charge is 2.25. The van der Waals surface area contributed by atoms with Crippen molar-refractivity contribution in [2.24, 2.45) is 0 Å². The SMILES string of the molecule is CCCCN1CCN(c2ccc(-c3ccnc4ccc(C=C5SC(=O)NC5=O)cc34)cc2Cl)CC1. The number of benzene rings is 2. The molecule has 0 saturated carbocycles. The zero-order valence-corrected chi connectivity index (χ0v) is 21.2. The van der Waals surface area contributed by atoms with Gasteiger partial charge in [0.15, 0.2) is 0 Å². The number of piperazine rings is 1. The Kier molecular flexibility index (Phi) is 7.09. The summed E-state index contributed by atoms with van der Waals surface area (Å²) in [5.41, 5.74) is 4.80. The third-order valence-corrected chi connectivity index (χ3v) is 7.62. The molecule has 0 aliphatic carbocycles. The Labute approximate surface area is 214 Å². The van der Waals surface area contributed by atoms with Gasteiger partial charge in [0.1, 0.15) is 0 Å². The van der Waals surface area contributed by atoms with E-state index in [4.69, 9.17) is 11.6 Å². The quantitative estimate of drug-likeness (QED) is 0.426. The van der Waals surface area contributed by atoms with E-state index in [2.05, 4.69) is 39.2 Å². The van der Waals surface area contributed by atoms with Gasteiger partial charge in [-0.2, -0.15) is 0 Å². The van der Waals surface area contributed by atoms with E-state index >= 15 is 0 Å². The van der Waals surface area contributed by atoms with Gasteiger partial charge in [0.2, 0.25) is 0 Å². The molecule has 2 saturated heterocycles. The molecular weight excluding hydrogens is 480 g/mol. The third-order valence-electron chi connectivity index (χ3n) is 6.50. The van der Waals surface area contributed by atoms with Crippen LogP contribution in [0.3, 0.4) is 0 Å². The molecule has 180 valence electrons. The molecule has 0 radical (unpaired) electrons. The molecule has 3 aromatic rings. The number of unbranched alkanes of at least 4 members (excludes halogenated alkanes) is 1. The van der Waals surface area contributed by atoms with Crippen molar-refractivity contribution in [3.8, 4) is 11.1 Å². The maximum atomic E-state index is 12.0. The molecule has 1 N–H and O–H groups in total. The number of nitrogens with one attached hydrogen (secondary N) is 1. The number of hydrogen-bond acceptors (Lipinski definition) is 6. The van der Waals surface area contributed by atoms with Crippen molar-refractivity contribution in [1.29, 1.82) is 0 Å². The van der Waals surface area contributed by atoms with Crippen LogP contribution in [0.15, 0.2) is 53.6 Å². The van der Waals surface area contributed by atoms with E-state index < -0.39 is 0 Å². The van der Waals surface area contributed by atoms with Crippen LogP contribution in [0.5, 0.6) is 0 Å². The molecule has 5 rings (SSSR count). The largest absolute Gasteiger partial charge is 0.368 e. The monoisotopic (exact) mass is 506 g/mol. The van der Waals surface area contributed by atoms with Gasteiger partial charge in [-0.3, -0.25) is 24.8 Å². The molecule has 0 bridgehead atoms. The second-order valence-electron chi connectivity index (χ2n) is 8.84. The molecule has 6 nitrogen and oxygen atoms in total. The summed E-state index contributed by atoms with van der Waals surface area (Å²) in [7, 11) is 0. The van der Waals surface area contributed by atoms with Crippen molar-refractivity contribution in [3.63, 3.8) is 0 Å². The highest BCUT2D eigenvalue weighted by molar-refractivity contribution is 8.18. The van der Waals surface area contributed by atoms with Gasteiger partial charge in [-0.1, -0.05) is 37.1 Å². The molecule has 2 amide bonds. The molecule has 1 aromatic heterocycles.